The zero-order valence-electron chi connectivity index (χ0n) is 35.0. The van der Waals surface area contributed by atoms with Crippen molar-refractivity contribution in [3.8, 4) is 11.5 Å². The molecule has 0 bridgehead atoms. The van der Waals surface area contributed by atoms with Crippen molar-refractivity contribution in [1.29, 1.82) is 0 Å². The van der Waals surface area contributed by atoms with Gasteiger partial charge in [0.05, 0.1) is 65.7 Å². The normalized spacial score (nSPS) is 15.7. The first kappa shape index (κ1) is 40.2. The van der Waals surface area contributed by atoms with Crippen LogP contribution in [-0.4, -0.2) is 75.4 Å². The van der Waals surface area contributed by atoms with E-state index in [1.54, 1.807) is 64.6 Å². The summed E-state index contributed by atoms with van der Waals surface area (Å²) >= 11 is 3.21. The fourth-order valence-electron chi connectivity index (χ4n) is 8.89. The van der Waals surface area contributed by atoms with E-state index in [0.29, 0.717) is 43.0 Å². The van der Waals surface area contributed by atoms with Gasteiger partial charge in [-0.2, -0.15) is 10.2 Å². The Kier molecular flexibility index (Phi) is 10.2. The summed E-state index contributed by atoms with van der Waals surface area (Å²) in [4.78, 5) is 49.8. The number of H-pyrrole nitrogens is 1. The van der Waals surface area contributed by atoms with Gasteiger partial charge in [-0.05, 0) is 98.2 Å². The van der Waals surface area contributed by atoms with Crippen LogP contribution in [0.4, 0.5) is 28.7 Å². The second kappa shape index (κ2) is 16.5. The molecule has 2 aliphatic rings. The Labute approximate surface area is 377 Å². The largest absolute Gasteiger partial charge is 0.493 e. The smallest absolute Gasteiger partial charge is 0.306 e. The summed E-state index contributed by atoms with van der Waals surface area (Å²) in [7, 11) is 3.25. The molecular formula is C46H40N12O5S2. The second-order valence-corrected chi connectivity index (χ2v) is 18.1. The van der Waals surface area contributed by atoms with Crippen LogP contribution in [0.3, 0.4) is 0 Å². The molecule has 326 valence electrons. The molecule has 17 nitrogen and oxygen atoms in total. The van der Waals surface area contributed by atoms with Crippen LogP contribution in [0.15, 0.2) is 92.2 Å². The van der Waals surface area contributed by atoms with E-state index in [1.165, 1.54) is 16.8 Å². The van der Waals surface area contributed by atoms with Gasteiger partial charge in [0.2, 0.25) is 5.91 Å². The second-order valence-electron chi connectivity index (χ2n) is 16.0. The molecule has 65 heavy (non-hydrogen) atoms. The number of anilines is 5. The van der Waals surface area contributed by atoms with Gasteiger partial charge in [0.1, 0.15) is 34.0 Å². The van der Waals surface area contributed by atoms with Crippen LogP contribution >= 0.6 is 22.7 Å². The van der Waals surface area contributed by atoms with Gasteiger partial charge < -0.3 is 35.5 Å². The lowest BCUT2D eigenvalue weighted by atomic mass is 9.87. The number of benzene rings is 1. The summed E-state index contributed by atoms with van der Waals surface area (Å²) in [5.74, 6) is 1.68. The molecule has 0 radical (unpaired) electrons. The number of aromatic amines is 1. The number of carboxylic acid groups (broad SMARTS) is 1. The van der Waals surface area contributed by atoms with Crippen molar-refractivity contribution in [2.45, 2.75) is 38.5 Å². The van der Waals surface area contributed by atoms with Gasteiger partial charge in [-0.25, -0.2) is 29.0 Å². The predicted octanol–water partition coefficient (Wildman–Crippen LogP) is 8.60. The summed E-state index contributed by atoms with van der Waals surface area (Å²) in [6, 6.07) is 15.7. The third-order valence-corrected chi connectivity index (χ3v) is 14.5. The van der Waals surface area contributed by atoms with E-state index in [9.17, 15) is 14.7 Å². The number of aliphatic carboxylic acids is 1. The van der Waals surface area contributed by atoms with Crippen LogP contribution in [0.1, 0.15) is 33.7 Å². The quantitative estimate of drug-likeness (QED) is 0.0920. The molecule has 0 saturated heterocycles. The van der Waals surface area contributed by atoms with Crippen LogP contribution in [-0.2, 0) is 35.3 Å². The van der Waals surface area contributed by atoms with Crippen molar-refractivity contribution in [1.82, 2.24) is 44.1 Å². The fourth-order valence-corrected chi connectivity index (χ4v) is 11.4. The topological polar surface area (TPSA) is 211 Å². The Balaban J connectivity index is 0.000000150. The monoisotopic (exact) mass is 904 g/mol. The molecule has 0 aliphatic heterocycles. The third kappa shape index (κ3) is 7.47. The number of rotatable bonds is 9. The maximum atomic E-state index is 13.2. The number of nitrogens with one attached hydrogen (secondary N) is 4. The minimum atomic E-state index is -0.730. The Morgan fingerprint density at radius 3 is 1.88 bits per heavy atom. The molecule has 0 fully saturated rings. The van der Waals surface area contributed by atoms with E-state index in [0.717, 1.165) is 88.5 Å². The number of methoxy groups -OCH3 is 2. The average molecular weight is 905 g/mol. The lowest BCUT2D eigenvalue weighted by Crippen LogP contribution is -2.27. The molecule has 0 saturated carbocycles. The Morgan fingerprint density at radius 1 is 0.738 bits per heavy atom. The molecule has 19 heteroatoms. The predicted molar refractivity (Wildman–Crippen MR) is 250 cm³/mol. The fraction of sp³-hybridized carbons (Fsp3) is 0.217. The number of nitrogens with zero attached hydrogens (tertiary/aromatic N) is 8. The van der Waals surface area contributed by atoms with Crippen molar-refractivity contribution in [2.24, 2.45) is 11.8 Å². The molecule has 12 rings (SSSR count). The van der Waals surface area contributed by atoms with Crippen LogP contribution in [0, 0.1) is 11.8 Å². The number of aromatic nitrogens is 9. The van der Waals surface area contributed by atoms with E-state index in [4.69, 9.17) is 9.47 Å². The molecule has 1 aromatic carbocycles. The van der Waals surface area contributed by atoms with E-state index >= 15 is 0 Å². The number of aryl methyl sites for hydroxylation is 2. The first-order valence-corrected chi connectivity index (χ1v) is 22.6. The van der Waals surface area contributed by atoms with E-state index in [1.807, 2.05) is 67.1 Å². The number of hydrogen-bond acceptors (Lipinski definition) is 14. The maximum Gasteiger partial charge on any atom is 0.306 e. The van der Waals surface area contributed by atoms with E-state index in [-0.39, 0.29) is 17.7 Å². The summed E-state index contributed by atoms with van der Waals surface area (Å²) in [6.07, 6.45) is 16.3. The number of thiophene rings is 2. The number of pyridine rings is 2. The molecule has 2 atom stereocenters. The molecule has 10 aromatic rings. The highest BCUT2D eigenvalue weighted by Gasteiger charge is 2.31. The van der Waals surface area contributed by atoms with Gasteiger partial charge in [0.25, 0.3) is 0 Å². The molecule has 9 heterocycles. The van der Waals surface area contributed by atoms with Gasteiger partial charge in [0, 0.05) is 50.9 Å². The van der Waals surface area contributed by atoms with Crippen molar-refractivity contribution in [3.63, 3.8) is 0 Å². The van der Waals surface area contributed by atoms with Crippen molar-refractivity contribution in [2.75, 3.05) is 30.2 Å². The van der Waals surface area contributed by atoms with Gasteiger partial charge in [-0.15, -0.1) is 22.7 Å². The Hall–Kier alpha value is -7.64. The van der Waals surface area contributed by atoms with E-state index < -0.39 is 5.97 Å². The number of fused-ring (bicyclic) bond motifs is 9. The molecule has 1 amide bonds. The summed E-state index contributed by atoms with van der Waals surface area (Å²) in [5, 5.41) is 30.9. The van der Waals surface area contributed by atoms with Crippen molar-refractivity contribution < 1.29 is 24.2 Å². The number of hydrogen-bond donors (Lipinski definition) is 5. The Morgan fingerprint density at radius 2 is 1.31 bits per heavy atom. The summed E-state index contributed by atoms with van der Waals surface area (Å²) < 4.78 is 14.6. The number of carbonyl (C=O) groups excluding carboxylic acids is 1. The van der Waals surface area contributed by atoms with Crippen molar-refractivity contribution in [3.05, 3.63) is 113 Å². The van der Waals surface area contributed by atoms with Gasteiger partial charge in [0.15, 0.2) is 11.5 Å². The number of carbonyl (C=O) groups is 2. The zero-order chi connectivity index (χ0) is 44.2. The zero-order valence-corrected chi connectivity index (χ0v) is 36.7. The minimum Gasteiger partial charge on any atom is -0.493 e. The maximum absolute atomic E-state index is 13.2. The minimum absolute atomic E-state index is 0.0567. The van der Waals surface area contributed by atoms with Gasteiger partial charge in [-0.1, -0.05) is 0 Å². The van der Waals surface area contributed by atoms with Crippen LogP contribution < -0.4 is 25.4 Å². The summed E-state index contributed by atoms with van der Waals surface area (Å²) in [5.41, 5.74) is 7.74. The Bertz CT molecular complexity index is 3460. The van der Waals surface area contributed by atoms with Crippen LogP contribution in [0.25, 0.3) is 42.4 Å². The third-order valence-electron chi connectivity index (χ3n) is 12.2. The first-order valence-electron chi connectivity index (χ1n) is 21.0. The molecule has 0 spiro atoms. The lowest BCUT2D eigenvalue weighted by Gasteiger charge is -2.22. The lowest BCUT2D eigenvalue weighted by molar-refractivity contribution is -0.142. The van der Waals surface area contributed by atoms with Crippen LogP contribution in [0.5, 0.6) is 11.5 Å². The highest BCUT2D eigenvalue weighted by molar-refractivity contribution is 7.19. The molecule has 5 N–H and O–H groups in total. The van der Waals surface area contributed by atoms with Crippen LogP contribution in [0.2, 0.25) is 0 Å². The van der Waals surface area contributed by atoms with Crippen molar-refractivity contribution >= 4 is 106 Å². The molecule has 9 aromatic heterocycles. The highest BCUT2D eigenvalue weighted by Crippen LogP contribution is 2.43. The highest BCUT2D eigenvalue weighted by atomic mass is 32.1. The number of carboxylic acids is 1. The molecule has 2 aliphatic carbocycles. The molecule has 0 unspecified atom stereocenters. The standard InChI is InChI=1S/C27H23N7O2S.C19H17N5O3S/c1-36-22-13-34-18(7-9-31-34)12-21(22)33-25-24-19-4-2-16(11-23(19)37-27(24)30-14-29-25)26(35)32-17-3-5-20-15(10-17)6-8-28-20;1-27-14-8-24-11(4-5-22-24)7-13(14)23-17-16-12-3-2-10(19(25)26)6-15(12)28-18(16)21-9-20-17/h3,5-10,12-14,16,28H,2,4,11H2,1H3,(H,32,35)(H,29,30,33);4-5,7-10H,2-3,6H2,1H3,(H,25,26)(H,20,21,23)/t16-;10-/m00/s1. The SMILES string of the molecule is COc1cn2nccc2cc1Nc1ncnc2sc3c(c12)CC[C@H](C(=O)Nc1ccc2[nH]ccc2c1)C3.COc1cn2nccc2cc1Nc1ncnc2sc3c(c12)CC[C@H](C(=O)O)C3. The molecular weight excluding hydrogens is 865 g/mol. The summed E-state index contributed by atoms with van der Waals surface area (Å²) in [6.45, 7) is 0. The average Bonchev–Trinajstić information content (AvgIpc) is 4.18. The van der Waals surface area contributed by atoms with Gasteiger partial charge in [-0.3, -0.25) is 9.59 Å². The van der Waals surface area contributed by atoms with E-state index in [2.05, 4.69) is 51.1 Å². The first-order chi connectivity index (χ1) is 31.8. The number of ether oxygens (including phenoxy) is 2. The number of amides is 1. The van der Waals surface area contributed by atoms with Gasteiger partial charge >= 0.3 is 5.97 Å².